The molecule has 16 heavy (non-hydrogen) atoms. The fourth-order valence-corrected chi connectivity index (χ4v) is 1.78. The van der Waals surface area contributed by atoms with Crippen molar-refractivity contribution in [1.82, 2.24) is 10.3 Å². The molecule has 2 rings (SSSR count). The number of halogens is 1. The number of aromatic nitrogens is 1. The molecule has 0 saturated heterocycles. The average molecular weight is 277 g/mol. The van der Waals surface area contributed by atoms with Gasteiger partial charge in [-0.2, -0.15) is 0 Å². The molecular formula is C13H13BrN2. The van der Waals surface area contributed by atoms with Crippen LogP contribution in [0, 0.1) is 0 Å². The quantitative estimate of drug-likeness (QED) is 0.928. The molecule has 0 atom stereocenters. The van der Waals surface area contributed by atoms with Crippen LogP contribution in [0.25, 0.3) is 10.9 Å². The topological polar surface area (TPSA) is 24.9 Å². The molecule has 1 N–H and O–H groups in total. The van der Waals surface area contributed by atoms with Gasteiger partial charge in [0.25, 0.3) is 0 Å². The van der Waals surface area contributed by atoms with Crippen LogP contribution < -0.4 is 5.32 Å². The maximum absolute atomic E-state index is 4.29. The molecule has 0 fully saturated rings. The third-order valence-corrected chi connectivity index (χ3v) is 2.59. The number of hydrogen-bond acceptors (Lipinski definition) is 2. The van der Waals surface area contributed by atoms with Crippen molar-refractivity contribution >= 4 is 26.8 Å². The van der Waals surface area contributed by atoms with Crippen molar-refractivity contribution in [2.45, 2.75) is 6.54 Å². The van der Waals surface area contributed by atoms with Gasteiger partial charge in [-0.3, -0.25) is 4.98 Å². The van der Waals surface area contributed by atoms with Gasteiger partial charge in [-0.25, -0.2) is 0 Å². The van der Waals surface area contributed by atoms with Crippen molar-refractivity contribution in [3.63, 3.8) is 0 Å². The van der Waals surface area contributed by atoms with Gasteiger partial charge in [-0.05, 0) is 23.8 Å². The third-order valence-electron chi connectivity index (χ3n) is 2.31. The summed E-state index contributed by atoms with van der Waals surface area (Å²) in [5.41, 5.74) is 2.30. The predicted octanol–water partition coefficient (Wildman–Crippen LogP) is 3.23. The summed E-state index contributed by atoms with van der Waals surface area (Å²) in [7, 11) is 0. The standard InChI is InChI=1S/C13H13BrN2/c1-10(14)8-15-9-11-4-5-13-12(7-11)3-2-6-16-13/h2-7,15H,1,8-9H2. The van der Waals surface area contributed by atoms with E-state index < -0.39 is 0 Å². The second-order valence-corrected chi connectivity index (χ2v) is 4.77. The summed E-state index contributed by atoms with van der Waals surface area (Å²) in [6.45, 7) is 5.41. The Hall–Kier alpha value is -1.19. The SMILES string of the molecule is C=C(Br)CNCc1ccc2ncccc2c1. The zero-order chi connectivity index (χ0) is 11.4. The largest absolute Gasteiger partial charge is 0.308 e. The molecule has 1 heterocycles. The Bertz CT molecular complexity index is 508. The monoisotopic (exact) mass is 276 g/mol. The van der Waals surface area contributed by atoms with E-state index in [9.17, 15) is 0 Å². The molecule has 0 aliphatic heterocycles. The number of rotatable bonds is 4. The lowest BCUT2D eigenvalue weighted by molar-refractivity contribution is 0.758. The zero-order valence-electron chi connectivity index (χ0n) is 8.91. The summed E-state index contributed by atoms with van der Waals surface area (Å²) in [4.78, 5) is 4.29. The molecule has 3 heteroatoms. The van der Waals surface area contributed by atoms with Gasteiger partial charge in [0, 0.05) is 29.2 Å². The Kier molecular flexibility index (Phi) is 3.70. The molecule has 82 valence electrons. The minimum Gasteiger partial charge on any atom is -0.308 e. The normalized spacial score (nSPS) is 10.6. The lowest BCUT2D eigenvalue weighted by Gasteiger charge is -2.05. The van der Waals surface area contributed by atoms with Crippen LogP contribution in [0.1, 0.15) is 5.56 Å². The van der Waals surface area contributed by atoms with Crippen LogP contribution in [0.15, 0.2) is 47.6 Å². The van der Waals surface area contributed by atoms with E-state index >= 15 is 0 Å². The van der Waals surface area contributed by atoms with Crippen molar-refractivity contribution in [2.75, 3.05) is 6.54 Å². The zero-order valence-corrected chi connectivity index (χ0v) is 10.5. The molecule has 0 spiro atoms. The Morgan fingerprint density at radius 3 is 3.06 bits per heavy atom. The maximum Gasteiger partial charge on any atom is 0.0702 e. The number of nitrogens with zero attached hydrogens (tertiary/aromatic N) is 1. The Labute approximate surface area is 104 Å². The molecule has 1 aromatic carbocycles. The van der Waals surface area contributed by atoms with Crippen LogP contribution in [-0.2, 0) is 6.54 Å². The van der Waals surface area contributed by atoms with Gasteiger partial charge in [-0.15, -0.1) is 0 Å². The molecule has 1 aromatic heterocycles. The number of pyridine rings is 1. The van der Waals surface area contributed by atoms with Crippen molar-refractivity contribution < 1.29 is 0 Å². The van der Waals surface area contributed by atoms with Gasteiger partial charge in [0.05, 0.1) is 5.52 Å². The van der Waals surface area contributed by atoms with Gasteiger partial charge in [0.15, 0.2) is 0 Å². The average Bonchev–Trinajstić information content (AvgIpc) is 2.28. The summed E-state index contributed by atoms with van der Waals surface area (Å²) in [6.07, 6.45) is 1.81. The highest BCUT2D eigenvalue weighted by atomic mass is 79.9. The highest BCUT2D eigenvalue weighted by Crippen LogP contribution is 2.13. The van der Waals surface area contributed by atoms with Crippen molar-refractivity contribution in [3.05, 3.63) is 53.2 Å². The number of fused-ring (bicyclic) bond motifs is 1. The molecule has 0 aliphatic rings. The molecule has 0 saturated carbocycles. The molecule has 0 aliphatic carbocycles. The lowest BCUT2D eigenvalue weighted by atomic mass is 10.1. The first-order chi connectivity index (χ1) is 7.75. The van der Waals surface area contributed by atoms with Crippen molar-refractivity contribution in [1.29, 1.82) is 0 Å². The van der Waals surface area contributed by atoms with Crippen LogP contribution >= 0.6 is 15.9 Å². The summed E-state index contributed by atoms with van der Waals surface area (Å²) < 4.78 is 0.968. The maximum atomic E-state index is 4.29. The highest BCUT2D eigenvalue weighted by Gasteiger charge is 1.96. The van der Waals surface area contributed by atoms with Crippen LogP contribution in [0.3, 0.4) is 0 Å². The van der Waals surface area contributed by atoms with E-state index in [1.165, 1.54) is 10.9 Å². The first-order valence-electron chi connectivity index (χ1n) is 5.13. The highest BCUT2D eigenvalue weighted by molar-refractivity contribution is 9.11. The molecule has 2 nitrogen and oxygen atoms in total. The Morgan fingerprint density at radius 2 is 2.25 bits per heavy atom. The van der Waals surface area contributed by atoms with Crippen LogP contribution in [0.5, 0.6) is 0 Å². The summed E-state index contributed by atoms with van der Waals surface area (Å²) in [5.74, 6) is 0. The summed E-state index contributed by atoms with van der Waals surface area (Å²) >= 11 is 3.32. The molecular weight excluding hydrogens is 264 g/mol. The van der Waals surface area contributed by atoms with Crippen LogP contribution in [0.4, 0.5) is 0 Å². The van der Waals surface area contributed by atoms with Gasteiger partial charge >= 0.3 is 0 Å². The molecule has 0 radical (unpaired) electrons. The van der Waals surface area contributed by atoms with Gasteiger partial charge in [-0.1, -0.05) is 34.6 Å². The van der Waals surface area contributed by atoms with E-state index in [1.807, 2.05) is 12.3 Å². The van der Waals surface area contributed by atoms with E-state index in [0.29, 0.717) is 0 Å². The van der Waals surface area contributed by atoms with E-state index in [2.05, 4.69) is 57.1 Å². The second-order valence-electron chi connectivity index (χ2n) is 3.65. The molecule has 0 bridgehead atoms. The van der Waals surface area contributed by atoms with E-state index in [0.717, 1.165) is 23.1 Å². The van der Waals surface area contributed by atoms with Crippen LogP contribution in [-0.4, -0.2) is 11.5 Å². The van der Waals surface area contributed by atoms with Gasteiger partial charge in [0.1, 0.15) is 0 Å². The van der Waals surface area contributed by atoms with Crippen molar-refractivity contribution in [2.24, 2.45) is 0 Å². The van der Waals surface area contributed by atoms with E-state index in [1.54, 1.807) is 0 Å². The van der Waals surface area contributed by atoms with Crippen LogP contribution in [0.2, 0.25) is 0 Å². The first-order valence-corrected chi connectivity index (χ1v) is 5.92. The fourth-order valence-electron chi connectivity index (χ4n) is 1.58. The lowest BCUT2D eigenvalue weighted by Crippen LogP contribution is -2.14. The molecule has 0 amide bonds. The van der Waals surface area contributed by atoms with Gasteiger partial charge < -0.3 is 5.32 Å². The van der Waals surface area contributed by atoms with Crippen molar-refractivity contribution in [3.8, 4) is 0 Å². The Morgan fingerprint density at radius 1 is 1.38 bits per heavy atom. The number of nitrogens with one attached hydrogen (secondary N) is 1. The summed E-state index contributed by atoms with van der Waals surface area (Å²) in [5, 5.41) is 4.48. The minimum atomic E-state index is 0.783. The fraction of sp³-hybridized carbons (Fsp3) is 0.154. The molecule has 2 aromatic rings. The second kappa shape index (κ2) is 5.23. The smallest absolute Gasteiger partial charge is 0.0702 e. The third kappa shape index (κ3) is 2.90. The minimum absolute atomic E-state index is 0.783. The molecule has 0 unspecified atom stereocenters. The summed E-state index contributed by atoms with van der Waals surface area (Å²) in [6, 6.07) is 10.3. The van der Waals surface area contributed by atoms with E-state index in [-0.39, 0.29) is 0 Å². The van der Waals surface area contributed by atoms with E-state index in [4.69, 9.17) is 0 Å². The Balaban J connectivity index is 2.10. The number of hydrogen-bond donors (Lipinski definition) is 1. The number of benzene rings is 1. The predicted molar refractivity (Wildman–Crippen MR) is 71.5 cm³/mol. The first kappa shape index (κ1) is 11.3. The van der Waals surface area contributed by atoms with Gasteiger partial charge in [0.2, 0.25) is 0 Å².